The van der Waals surface area contributed by atoms with Gasteiger partial charge in [-0.3, -0.25) is 9.88 Å². The van der Waals surface area contributed by atoms with E-state index in [1.54, 1.807) is 0 Å². The molecule has 0 bridgehead atoms. The lowest BCUT2D eigenvalue weighted by Crippen LogP contribution is -2.34. The normalized spacial score (nSPS) is 12.1. The van der Waals surface area contributed by atoms with Crippen molar-refractivity contribution < 1.29 is 0 Å². The van der Waals surface area contributed by atoms with Crippen LogP contribution < -0.4 is 5.32 Å². The van der Waals surface area contributed by atoms with Crippen molar-refractivity contribution in [3.8, 4) is 0 Å². The van der Waals surface area contributed by atoms with Crippen molar-refractivity contribution in [3.63, 3.8) is 0 Å². The molecular formula is C17H31N3. The first-order valence-corrected chi connectivity index (χ1v) is 7.80. The number of nitrogens with one attached hydrogen (secondary N) is 1. The summed E-state index contributed by atoms with van der Waals surface area (Å²) >= 11 is 0. The molecule has 114 valence electrons. The first-order valence-electron chi connectivity index (χ1n) is 7.80. The topological polar surface area (TPSA) is 28.2 Å². The zero-order valence-corrected chi connectivity index (χ0v) is 14.0. The summed E-state index contributed by atoms with van der Waals surface area (Å²) in [6.07, 6.45) is 0. The Bertz CT molecular complexity index is 386. The molecule has 0 spiro atoms. The van der Waals surface area contributed by atoms with E-state index in [0.29, 0.717) is 18.0 Å². The smallest absolute Gasteiger partial charge is 0.0547 e. The Kier molecular flexibility index (Phi) is 7.17. The minimum absolute atomic E-state index is 0.494. The van der Waals surface area contributed by atoms with Crippen molar-refractivity contribution in [3.05, 3.63) is 29.6 Å². The monoisotopic (exact) mass is 277 g/mol. The Morgan fingerprint density at radius 2 is 1.70 bits per heavy atom. The molecule has 1 aromatic rings. The molecule has 0 aliphatic rings. The van der Waals surface area contributed by atoms with E-state index in [0.717, 1.165) is 25.3 Å². The zero-order valence-electron chi connectivity index (χ0n) is 14.0. The lowest BCUT2D eigenvalue weighted by Gasteiger charge is -2.28. The highest BCUT2D eigenvalue weighted by Gasteiger charge is 2.12. The number of hydrogen-bond donors (Lipinski definition) is 1. The molecule has 0 unspecified atom stereocenters. The van der Waals surface area contributed by atoms with Gasteiger partial charge in [0.2, 0.25) is 0 Å². The summed E-state index contributed by atoms with van der Waals surface area (Å²) in [7, 11) is 0. The Morgan fingerprint density at radius 1 is 1.05 bits per heavy atom. The van der Waals surface area contributed by atoms with Crippen LogP contribution in [0.15, 0.2) is 18.2 Å². The fraction of sp³-hybridized carbons (Fsp3) is 0.706. The Hall–Kier alpha value is -0.930. The lowest BCUT2D eigenvalue weighted by atomic mass is 10.1. The molecule has 0 aliphatic carbocycles. The average Bonchev–Trinajstić information content (AvgIpc) is 2.35. The van der Waals surface area contributed by atoms with E-state index in [4.69, 9.17) is 4.98 Å². The van der Waals surface area contributed by atoms with E-state index in [-0.39, 0.29) is 0 Å². The predicted octanol–water partition coefficient (Wildman–Crippen LogP) is 3.45. The predicted molar refractivity (Wildman–Crippen MR) is 86.6 cm³/mol. The Morgan fingerprint density at radius 3 is 2.25 bits per heavy atom. The molecule has 1 heterocycles. The van der Waals surface area contributed by atoms with Crippen LogP contribution in [-0.4, -0.2) is 28.5 Å². The summed E-state index contributed by atoms with van der Waals surface area (Å²) in [6, 6.07) is 7.40. The molecule has 1 N–H and O–H groups in total. The Balaban J connectivity index is 2.67. The maximum absolute atomic E-state index is 4.77. The first-order chi connectivity index (χ1) is 9.38. The van der Waals surface area contributed by atoms with E-state index in [9.17, 15) is 0 Å². The number of pyridine rings is 1. The third-order valence-electron chi connectivity index (χ3n) is 3.25. The van der Waals surface area contributed by atoms with Crippen molar-refractivity contribution in [2.75, 3.05) is 6.54 Å². The van der Waals surface area contributed by atoms with Crippen molar-refractivity contribution in [1.82, 2.24) is 15.2 Å². The number of rotatable bonds is 8. The molecule has 0 saturated heterocycles. The van der Waals surface area contributed by atoms with E-state index >= 15 is 0 Å². The largest absolute Gasteiger partial charge is 0.309 e. The molecule has 0 radical (unpaired) electrons. The lowest BCUT2D eigenvalue weighted by molar-refractivity contribution is 0.187. The fourth-order valence-corrected chi connectivity index (χ4v) is 2.16. The number of nitrogens with zero attached hydrogens (tertiary/aromatic N) is 2. The molecule has 0 amide bonds. The maximum atomic E-state index is 4.77. The molecule has 3 nitrogen and oxygen atoms in total. The van der Waals surface area contributed by atoms with Crippen molar-refractivity contribution in [2.45, 2.75) is 66.7 Å². The molecule has 0 fully saturated rings. The van der Waals surface area contributed by atoms with E-state index in [1.165, 1.54) is 5.69 Å². The fourth-order valence-electron chi connectivity index (χ4n) is 2.16. The van der Waals surface area contributed by atoms with Gasteiger partial charge in [-0.2, -0.15) is 0 Å². The van der Waals surface area contributed by atoms with Gasteiger partial charge >= 0.3 is 0 Å². The van der Waals surface area contributed by atoms with E-state index in [1.807, 2.05) is 0 Å². The molecular weight excluding hydrogens is 246 g/mol. The van der Waals surface area contributed by atoms with Crippen molar-refractivity contribution >= 4 is 0 Å². The molecule has 0 saturated carbocycles. The molecule has 1 rings (SSSR count). The van der Waals surface area contributed by atoms with Crippen LogP contribution in [0, 0.1) is 5.92 Å². The van der Waals surface area contributed by atoms with Gasteiger partial charge in [-0.15, -0.1) is 0 Å². The standard InChI is InChI=1S/C17H31N3/c1-13(2)11-20(15(5)6)12-17-9-7-8-16(19-17)10-18-14(3)4/h7-9,13-15,18H,10-12H2,1-6H3. The molecule has 1 aromatic heterocycles. The van der Waals surface area contributed by atoms with Crippen molar-refractivity contribution in [2.24, 2.45) is 5.92 Å². The highest BCUT2D eigenvalue weighted by atomic mass is 15.2. The van der Waals surface area contributed by atoms with Crippen LogP contribution in [0.4, 0.5) is 0 Å². The molecule has 0 atom stereocenters. The van der Waals surface area contributed by atoms with Gasteiger partial charge in [0.05, 0.1) is 11.4 Å². The molecule has 20 heavy (non-hydrogen) atoms. The van der Waals surface area contributed by atoms with Gasteiger partial charge in [0.1, 0.15) is 0 Å². The summed E-state index contributed by atoms with van der Waals surface area (Å²) < 4.78 is 0. The average molecular weight is 277 g/mol. The quantitative estimate of drug-likeness (QED) is 0.789. The van der Waals surface area contributed by atoms with Gasteiger partial charge in [0.25, 0.3) is 0 Å². The van der Waals surface area contributed by atoms with Gasteiger partial charge in [-0.25, -0.2) is 0 Å². The van der Waals surface area contributed by atoms with E-state index in [2.05, 4.69) is 70.0 Å². The third kappa shape index (κ3) is 6.49. The zero-order chi connectivity index (χ0) is 15.1. The number of aromatic nitrogens is 1. The third-order valence-corrected chi connectivity index (χ3v) is 3.25. The first kappa shape index (κ1) is 17.1. The maximum Gasteiger partial charge on any atom is 0.0547 e. The SMILES string of the molecule is CC(C)CN(Cc1cccc(CNC(C)C)n1)C(C)C. The molecule has 0 aliphatic heterocycles. The summed E-state index contributed by atoms with van der Waals surface area (Å²) in [5, 5.41) is 3.42. The molecule has 0 aromatic carbocycles. The second kappa shape index (κ2) is 8.38. The van der Waals surface area contributed by atoms with Crippen molar-refractivity contribution in [1.29, 1.82) is 0 Å². The summed E-state index contributed by atoms with van der Waals surface area (Å²) in [6.45, 7) is 16.3. The summed E-state index contributed by atoms with van der Waals surface area (Å²) in [5.74, 6) is 0.684. The van der Waals surface area contributed by atoms with Crippen LogP contribution >= 0.6 is 0 Å². The minimum atomic E-state index is 0.494. The van der Waals surface area contributed by atoms with Crippen LogP contribution in [0.2, 0.25) is 0 Å². The van der Waals surface area contributed by atoms with Gasteiger partial charge in [0, 0.05) is 31.7 Å². The van der Waals surface area contributed by atoms with Gasteiger partial charge < -0.3 is 5.32 Å². The van der Waals surface area contributed by atoms with Crippen LogP contribution in [0.25, 0.3) is 0 Å². The second-order valence-electron chi connectivity index (χ2n) is 6.57. The van der Waals surface area contributed by atoms with Crippen LogP contribution in [0.1, 0.15) is 52.9 Å². The van der Waals surface area contributed by atoms with Gasteiger partial charge in [0.15, 0.2) is 0 Å². The Labute approximate surface area is 124 Å². The summed E-state index contributed by atoms with van der Waals surface area (Å²) in [5.41, 5.74) is 2.30. The van der Waals surface area contributed by atoms with E-state index < -0.39 is 0 Å². The second-order valence-corrected chi connectivity index (χ2v) is 6.57. The van der Waals surface area contributed by atoms with Gasteiger partial charge in [-0.1, -0.05) is 33.8 Å². The highest BCUT2D eigenvalue weighted by molar-refractivity contribution is 5.11. The highest BCUT2D eigenvalue weighted by Crippen LogP contribution is 2.10. The summed E-state index contributed by atoms with van der Waals surface area (Å²) in [4.78, 5) is 7.26. The van der Waals surface area contributed by atoms with Crippen LogP contribution in [-0.2, 0) is 13.1 Å². The molecule has 3 heteroatoms. The minimum Gasteiger partial charge on any atom is -0.309 e. The van der Waals surface area contributed by atoms with Crippen LogP contribution in [0.5, 0.6) is 0 Å². The van der Waals surface area contributed by atoms with Gasteiger partial charge in [-0.05, 0) is 31.9 Å². The van der Waals surface area contributed by atoms with Crippen LogP contribution in [0.3, 0.4) is 0 Å². The number of hydrogen-bond acceptors (Lipinski definition) is 3.